The topological polar surface area (TPSA) is 107 Å². The van der Waals surface area contributed by atoms with Gasteiger partial charge >= 0.3 is 0 Å². The van der Waals surface area contributed by atoms with Gasteiger partial charge in [0.2, 0.25) is 0 Å². The summed E-state index contributed by atoms with van der Waals surface area (Å²) in [4.78, 5) is 31.3. The van der Waals surface area contributed by atoms with Crippen molar-refractivity contribution in [2.75, 3.05) is 0 Å². The molecule has 12 nitrogen and oxygen atoms in total. The first-order chi connectivity index (χ1) is 74.4. The van der Waals surface area contributed by atoms with E-state index in [1.54, 1.807) is 0 Å². The number of aromatic nitrogens is 12. The summed E-state index contributed by atoms with van der Waals surface area (Å²) < 4.78 is 14.2. The van der Waals surface area contributed by atoms with Crippen molar-refractivity contribution in [1.29, 1.82) is 0 Å². The fourth-order valence-corrected chi connectivity index (χ4v) is 22.8. The number of fused-ring (bicyclic) bond motifs is 21. The third-order valence-corrected chi connectivity index (χ3v) is 29.7. The molecule has 0 aliphatic carbocycles. The summed E-state index contributed by atoms with van der Waals surface area (Å²) in [6, 6.07) is 189. The fourth-order valence-electron chi connectivity index (χ4n) is 22.8. The van der Waals surface area contributed by atoms with Crippen molar-refractivity contribution in [2.24, 2.45) is 0 Å². The summed E-state index contributed by atoms with van der Waals surface area (Å²) in [5.41, 5.74) is 28.3. The number of benzene rings is 22. The molecule has 22 aromatic carbocycles. The molecule has 0 saturated heterocycles. The van der Waals surface area contributed by atoms with Crippen LogP contribution in [-0.2, 0) is 0 Å². The van der Waals surface area contributed by atoms with Crippen molar-refractivity contribution < 1.29 is 0 Å². The molecule has 0 atom stereocenters. The minimum absolute atomic E-state index is 0.694. The first-order valence-corrected chi connectivity index (χ1v) is 50.9. The van der Waals surface area contributed by atoms with E-state index >= 15 is 0 Å². The quantitative estimate of drug-likeness (QED) is 0.114. The minimum atomic E-state index is 0.694. The first-order valence-electron chi connectivity index (χ1n) is 50.9. The average Bonchev–Trinajstić information content (AvgIpc) is 1.56. The van der Waals surface area contributed by atoms with Crippen LogP contribution in [0.15, 0.2) is 534 Å². The largest absolute Gasteiger partial charge is 0.309 e. The predicted molar refractivity (Wildman–Crippen MR) is 623 cm³/mol. The fraction of sp³-hybridized carbons (Fsp3) is 0. The highest BCUT2D eigenvalue weighted by Crippen LogP contribution is 2.47. The van der Waals surface area contributed by atoms with Gasteiger partial charge in [0.05, 0.1) is 83.3 Å². The number of rotatable bonds is 13. The molecule has 12 heteroatoms. The highest BCUT2D eigenvalue weighted by Gasteiger charge is 2.27. The second-order valence-corrected chi connectivity index (χ2v) is 38.5. The van der Waals surface area contributed by atoms with E-state index in [9.17, 15) is 0 Å². The van der Waals surface area contributed by atoms with Crippen LogP contribution in [0, 0.1) is 0 Å². The highest BCUT2D eigenvalue weighted by atomic mass is 15.1. The molecule has 0 saturated carbocycles. The van der Waals surface area contributed by atoms with E-state index in [-0.39, 0.29) is 0 Å². The molecule has 0 unspecified atom stereocenters. The molecule has 0 amide bonds. The second-order valence-electron chi connectivity index (χ2n) is 38.5. The molecule has 31 rings (SSSR count). The van der Waals surface area contributed by atoms with E-state index < -0.39 is 0 Å². The zero-order valence-corrected chi connectivity index (χ0v) is 81.2. The van der Waals surface area contributed by atoms with Crippen LogP contribution in [0.1, 0.15) is 0 Å². The zero-order valence-electron chi connectivity index (χ0n) is 81.2. The average molecular weight is 1910 g/mol. The summed E-state index contributed by atoms with van der Waals surface area (Å²) in [5, 5.41) is 21.6. The maximum atomic E-state index is 5.38. The smallest absolute Gasteiger partial charge is 0.162 e. The Balaban J connectivity index is 0.000000106. The maximum absolute atomic E-state index is 5.38. The summed E-state index contributed by atoms with van der Waals surface area (Å²) in [5.74, 6) is 4.60. The number of hydrogen-bond acceptors (Lipinski definition) is 6. The van der Waals surface area contributed by atoms with Crippen LogP contribution in [0.4, 0.5) is 0 Å². The lowest BCUT2D eigenvalue weighted by molar-refractivity contribution is 1.05. The van der Waals surface area contributed by atoms with Crippen LogP contribution in [-0.4, -0.2) is 57.3 Å². The molecule has 31 aromatic rings. The number of hydrogen-bond donors (Lipinski definition) is 0. The molecule has 0 bridgehead atoms. The summed E-state index contributed by atoms with van der Waals surface area (Å²) >= 11 is 0. The Morgan fingerprint density at radius 3 is 0.733 bits per heavy atom. The van der Waals surface area contributed by atoms with Gasteiger partial charge in [-0.2, -0.15) is 0 Å². The van der Waals surface area contributed by atoms with Crippen molar-refractivity contribution in [2.45, 2.75) is 0 Å². The van der Waals surface area contributed by atoms with Gasteiger partial charge in [-0.05, 0) is 165 Å². The third-order valence-electron chi connectivity index (χ3n) is 29.7. The molecule has 0 radical (unpaired) electrons. The van der Waals surface area contributed by atoms with E-state index in [0.29, 0.717) is 17.5 Å². The normalized spacial score (nSPS) is 11.7. The van der Waals surface area contributed by atoms with Gasteiger partial charge in [-0.1, -0.05) is 394 Å². The summed E-state index contributed by atoms with van der Waals surface area (Å²) in [6.45, 7) is 0. The van der Waals surface area contributed by atoms with Gasteiger partial charge in [0.15, 0.2) is 17.5 Å². The van der Waals surface area contributed by atoms with E-state index in [4.69, 9.17) is 29.9 Å². The Kier molecular flexibility index (Phi) is 20.7. The standard InChI is InChI=1S/C48H30N4.C46H30N4.C44H28N4/c1-2-16-37(17-3-1)51-43-20-10-8-18-38(43)40-29-46-41(28-45(40)51)39-19-9-11-21-44(39)52(46)47-30-42(35-24-22-31-12-4-6-14-33(31)26-35)49-48(50-47)36-25-23-32-13-5-7-15-34(32)27-36;1-4-15-31(16-5-1)34-21-14-22-35(27-34)49-41-25-12-10-23-36(41)38-29-44-39(28-43(38)49)37-24-11-13-26-42(37)50(44)45-30-40(32-17-6-2-7-18-32)47-46(48-45)33-19-8-3-9-20-33;1-3-14-30(15-4-1)38-28-43(46-44(45-38)31-16-5-2-6-17-31)48-40-22-12-10-20-35(40)37-26-41-36(27-42(37)48)34-19-9-11-21-39(34)47(41)33-24-23-29-13-7-8-18-32(29)25-33/h1-30H;1-30H;1-28H. The Hall–Kier alpha value is -20.3. The molecular formula is C138H88N12. The van der Waals surface area contributed by atoms with Crippen LogP contribution in [0.5, 0.6) is 0 Å². The van der Waals surface area contributed by atoms with Gasteiger partial charge in [-0.25, -0.2) is 29.9 Å². The lowest BCUT2D eigenvalue weighted by atomic mass is 10.0. The van der Waals surface area contributed by atoms with E-state index in [1.807, 2.05) is 48.5 Å². The molecule has 0 aliphatic heterocycles. The SMILES string of the molecule is c1ccc(-c2cc(-n3c4ccccc4c4cc5c(cc43)c3ccccc3n5-c3ccc4ccccc4c3)nc(-c3ccccc3)n2)cc1.c1ccc(-c2cccc(-n3c4ccccc4c4cc5c(cc43)c3ccccc3n5-c3cc(-c4ccccc4)nc(-c4ccccc4)n3)c2)cc1.c1ccc(-n2c3ccccc3c3cc4c(cc32)c2ccccc2n4-c2cc(-c3ccc4ccccc4c3)nc(-c3ccc4ccccc4c3)n2)cc1. The van der Waals surface area contributed by atoms with E-state index in [2.05, 4.69) is 513 Å². The van der Waals surface area contributed by atoms with Gasteiger partial charge in [-0.3, -0.25) is 13.7 Å². The Labute approximate surface area is 861 Å². The number of para-hydroxylation sites is 7. The Morgan fingerprint density at radius 1 is 0.113 bits per heavy atom. The molecule has 0 aliphatic rings. The molecule has 0 N–H and O–H groups in total. The van der Waals surface area contributed by atoms with Crippen molar-refractivity contribution in [1.82, 2.24) is 57.3 Å². The number of nitrogens with zero attached hydrogens (tertiary/aromatic N) is 12. The summed E-state index contributed by atoms with van der Waals surface area (Å²) in [7, 11) is 0. The van der Waals surface area contributed by atoms with Crippen LogP contribution >= 0.6 is 0 Å². The minimum Gasteiger partial charge on any atom is -0.309 e. The molecule has 9 heterocycles. The molecule has 700 valence electrons. The van der Waals surface area contributed by atoms with E-state index in [0.717, 1.165) is 123 Å². The van der Waals surface area contributed by atoms with Gasteiger partial charge in [0, 0.05) is 133 Å². The van der Waals surface area contributed by atoms with Gasteiger partial charge in [0.25, 0.3) is 0 Å². The second kappa shape index (κ2) is 35.9. The Bertz CT molecular complexity index is 10600. The first kappa shape index (κ1) is 86.3. The molecule has 150 heavy (non-hydrogen) atoms. The zero-order chi connectivity index (χ0) is 98.8. The van der Waals surface area contributed by atoms with Crippen molar-refractivity contribution in [3.05, 3.63) is 534 Å². The van der Waals surface area contributed by atoms with Crippen LogP contribution in [0.2, 0.25) is 0 Å². The lowest BCUT2D eigenvalue weighted by Gasteiger charge is -2.13. The summed E-state index contributed by atoms with van der Waals surface area (Å²) in [6.07, 6.45) is 0. The van der Waals surface area contributed by atoms with Gasteiger partial charge < -0.3 is 13.7 Å². The highest BCUT2D eigenvalue weighted by molar-refractivity contribution is 6.23. The van der Waals surface area contributed by atoms with Crippen LogP contribution in [0.3, 0.4) is 0 Å². The molecule has 0 spiro atoms. The molecular weight excluding hydrogens is 1830 g/mol. The van der Waals surface area contributed by atoms with Crippen molar-refractivity contribution in [3.8, 4) is 114 Å². The predicted octanol–water partition coefficient (Wildman–Crippen LogP) is 35.1. The van der Waals surface area contributed by atoms with Gasteiger partial charge in [-0.15, -0.1) is 0 Å². The van der Waals surface area contributed by atoms with Crippen molar-refractivity contribution in [3.63, 3.8) is 0 Å². The van der Waals surface area contributed by atoms with Gasteiger partial charge in [0.1, 0.15) is 17.5 Å². The van der Waals surface area contributed by atoms with Crippen LogP contribution in [0.25, 0.3) is 277 Å². The third kappa shape index (κ3) is 14.8. The van der Waals surface area contributed by atoms with Crippen LogP contribution < -0.4 is 0 Å². The Morgan fingerprint density at radius 2 is 0.360 bits per heavy atom. The van der Waals surface area contributed by atoms with Crippen molar-refractivity contribution >= 4 is 163 Å². The molecule has 9 aromatic heterocycles. The monoisotopic (exact) mass is 1910 g/mol. The maximum Gasteiger partial charge on any atom is 0.162 e. The lowest BCUT2D eigenvalue weighted by Crippen LogP contribution is -2.02. The van der Waals surface area contributed by atoms with E-state index in [1.165, 1.54) is 136 Å². The molecule has 0 fully saturated rings.